The van der Waals surface area contributed by atoms with Gasteiger partial charge in [0.1, 0.15) is 18.5 Å². The Labute approximate surface area is 220 Å². The van der Waals surface area contributed by atoms with Gasteiger partial charge in [-0.3, -0.25) is 9.69 Å². The van der Waals surface area contributed by atoms with E-state index in [0.29, 0.717) is 26.1 Å². The Hall–Kier alpha value is -3.35. The molecule has 6 heteroatoms. The number of anilines is 1. The van der Waals surface area contributed by atoms with Crippen LogP contribution < -0.4 is 10.5 Å². The number of aryl methyl sites for hydroxylation is 1. The maximum atomic E-state index is 13.3. The summed E-state index contributed by atoms with van der Waals surface area (Å²) in [5, 5.41) is 10.6. The first-order valence-corrected chi connectivity index (χ1v) is 13.1. The van der Waals surface area contributed by atoms with E-state index in [-0.39, 0.29) is 18.4 Å². The second-order valence-corrected chi connectivity index (χ2v) is 10.1. The molecule has 0 aromatic heterocycles. The zero-order valence-corrected chi connectivity index (χ0v) is 22.2. The quantitative estimate of drug-likeness (QED) is 0.428. The van der Waals surface area contributed by atoms with E-state index in [1.807, 2.05) is 68.1 Å². The number of rotatable bonds is 9. The van der Waals surface area contributed by atoms with Crippen LogP contribution in [-0.4, -0.2) is 66.2 Å². The van der Waals surface area contributed by atoms with Crippen LogP contribution in [0.4, 0.5) is 5.69 Å². The van der Waals surface area contributed by atoms with E-state index in [2.05, 4.69) is 29.2 Å². The third-order valence-corrected chi connectivity index (χ3v) is 7.52. The second kappa shape index (κ2) is 12.3. The summed E-state index contributed by atoms with van der Waals surface area (Å²) >= 11 is 0. The molecule has 0 bridgehead atoms. The van der Waals surface area contributed by atoms with Gasteiger partial charge in [0.15, 0.2) is 0 Å². The molecule has 1 atom stereocenters. The van der Waals surface area contributed by atoms with Gasteiger partial charge in [-0.1, -0.05) is 60.7 Å². The molecule has 0 radical (unpaired) electrons. The molecule has 3 N–H and O–H groups in total. The number of aliphatic hydroxyl groups is 1. The van der Waals surface area contributed by atoms with Gasteiger partial charge in [0.2, 0.25) is 5.91 Å². The van der Waals surface area contributed by atoms with Crippen LogP contribution in [0.15, 0.2) is 66.7 Å². The molecule has 196 valence electrons. The Morgan fingerprint density at radius 3 is 2.05 bits per heavy atom. The molecule has 4 rings (SSSR count). The number of hydrogen-bond donors (Lipinski definition) is 2. The SMILES string of the molecule is Cc1cc(OCC(O)CN2CCN(C(=O)CC(c3ccccc3)c3ccccc3)CC2)c(C)c(C)c1N. The zero-order chi connectivity index (χ0) is 26.4. The van der Waals surface area contributed by atoms with Crippen LogP contribution in [0, 0.1) is 20.8 Å². The predicted octanol–water partition coefficient (Wildman–Crippen LogP) is 4.30. The zero-order valence-electron chi connectivity index (χ0n) is 22.2. The van der Waals surface area contributed by atoms with Gasteiger partial charge in [-0.25, -0.2) is 0 Å². The van der Waals surface area contributed by atoms with Gasteiger partial charge in [-0.15, -0.1) is 0 Å². The average Bonchev–Trinajstić information content (AvgIpc) is 2.93. The number of carbonyl (C=O) groups is 1. The first-order chi connectivity index (χ1) is 17.8. The molecular weight excluding hydrogens is 462 g/mol. The highest BCUT2D eigenvalue weighted by molar-refractivity contribution is 5.78. The lowest BCUT2D eigenvalue weighted by atomic mass is 9.88. The number of nitrogens with zero attached hydrogens (tertiary/aromatic N) is 2. The first kappa shape index (κ1) is 26.7. The van der Waals surface area contributed by atoms with Crippen molar-refractivity contribution in [3.63, 3.8) is 0 Å². The van der Waals surface area contributed by atoms with Crippen molar-refractivity contribution in [3.05, 3.63) is 94.5 Å². The number of β-amino-alcohol motifs (C(OH)–C–C–N with tert-alkyl or cyclic N) is 1. The number of amides is 1. The van der Waals surface area contributed by atoms with E-state index in [0.717, 1.165) is 52.3 Å². The fourth-order valence-corrected chi connectivity index (χ4v) is 5.03. The molecule has 3 aromatic carbocycles. The molecule has 1 saturated heterocycles. The second-order valence-electron chi connectivity index (χ2n) is 10.1. The highest BCUT2D eigenvalue weighted by Gasteiger charge is 2.26. The number of piperazine rings is 1. The summed E-state index contributed by atoms with van der Waals surface area (Å²) in [7, 11) is 0. The molecule has 0 spiro atoms. The van der Waals surface area contributed by atoms with Crippen molar-refractivity contribution in [2.24, 2.45) is 0 Å². The maximum absolute atomic E-state index is 13.3. The molecule has 1 heterocycles. The van der Waals surface area contributed by atoms with E-state index in [4.69, 9.17) is 10.5 Å². The van der Waals surface area contributed by atoms with Gasteiger partial charge < -0.3 is 20.5 Å². The van der Waals surface area contributed by atoms with Crippen LogP contribution in [0.5, 0.6) is 5.75 Å². The normalized spacial score (nSPS) is 15.1. The summed E-state index contributed by atoms with van der Waals surface area (Å²) in [6.07, 6.45) is -0.162. The van der Waals surface area contributed by atoms with Crippen LogP contribution in [0.2, 0.25) is 0 Å². The van der Waals surface area contributed by atoms with Crippen molar-refractivity contribution in [2.75, 3.05) is 45.1 Å². The molecular formula is C31H39N3O3. The van der Waals surface area contributed by atoms with Gasteiger partial charge in [0, 0.05) is 50.7 Å². The fraction of sp³-hybridized carbons (Fsp3) is 0.387. The molecule has 6 nitrogen and oxygen atoms in total. The predicted molar refractivity (Wildman–Crippen MR) is 149 cm³/mol. The summed E-state index contributed by atoms with van der Waals surface area (Å²) in [5.74, 6) is 0.979. The molecule has 1 amide bonds. The van der Waals surface area contributed by atoms with Crippen LogP contribution in [0.3, 0.4) is 0 Å². The van der Waals surface area contributed by atoms with Crippen LogP contribution in [0.1, 0.15) is 40.2 Å². The number of ether oxygens (including phenoxy) is 1. The van der Waals surface area contributed by atoms with Crippen molar-refractivity contribution in [1.82, 2.24) is 9.80 Å². The topological polar surface area (TPSA) is 79.0 Å². The van der Waals surface area contributed by atoms with Gasteiger partial charge in [-0.05, 0) is 54.7 Å². The van der Waals surface area contributed by atoms with E-state index >= 15 is 0 Å². The fourth-order valence-electron chi connectivity index (χ4n) is 5.03. The monoisotopic (exact) mass is 501 g/mol. The van der Waals surface area contributed by atoms with E-state index in [1.165, 1.54) is 0 Å². The molecule has 3 aromatic rings. The van der Waals surface area contributed by atoms with E-state index in [1.54, 1.807) is 0 Å². The number of benzene rings is 3. The Kier molecular flexibility index (Phi) is 8.85. The van der Waals surface area contributed by atoms with Crippen LogP contribution in [-0.2, 0) is 4.79 Å². The smallest absolute Gasteiger partial charge is 0.223 e. The molecule has 1 fully saturated rings. The Morgan fingerprint density at radius 2 is 1.49 bits per heavy atom. The minimum atomic E-state index is -0.611. The Bertz CT molecular complexity index is 1140. The van der Waals surface area contributed by atoms with Crippen molar-refractivity contribution in [2.45, 2.75) is 39.2 Å². The lowest BCUT2D eigenvalue weighted by Gasteiger charge is -2.36. The molecule has 1 aliphatic heterocycles. The molecule has 0 aliphatic carbocycles. The van der Waals surface area contributed by atoms with Crippen molar-refractivity contribution >= 4 is 11.6 Å². The van der Waals surface area contributed by atoms with Crippen LogP contribution >= 0.6 is 0 Å². The summed E-state index contributed by atoms with van der Waals surface area (Å²) in [4.78, 5) is 17.4. The number of aliphatic hydroxyl groups excluding tert-OH is 1. The molecule has 1 unspecified atom stereocenters. The summed E-state index contributed by atoms with van der Waals surface area (Å²) in [6, 6.07) is 22.5. The van der Waals surface area contributed by atoms with Gasteiger partial charge >= 0.3 is 0 Å². The van der Waals surface area contributed by atoms with Crippen molar-refractivity contribution in [1.29, 1.82) is 0 Å². The number of carbonyl (C=O) groups excluding carboxylic acids is 1. The largest absolute Gasteiger partial charge is 0.491 e. The number of nitrogens with two attached hydrogens (primary N) is 1. The minimum absolute atomic E-state index is 0.0379. The first-order valence-electron chi connectivity index (χ1n) is 13.1. The van der Waals surface area contributed by atoms with Gasteiger partial charge in [0.25, 0.3) is 0 Å². The van der Waals surface area contributed by atoms with E-state index < -0.39 is 6.10 Å². The van der Waals surface area contributed by atoms with Crippen LogP contribution in [0.25, 0.3) is 0 Å². The third-order valence-electron chi connectivity index (χ3n) is 7.52. The third kappa shape index (κ3) is 6.70. The highest BCUT2D eigenvalue weighted by Crippen LogP contribution is 2.30. The lowest BCUT2D eigenvalue weighted by Crippen LogP contribution is -2.51. The Morgan fingerprint density at radius 1 is 0.919 bits per heavy atom. The highest BCUT2D eigenvalue weighted by atomic mass is 16.5. The van der Waals surface area contributed by atoms with E-state index in [9.17, 15) is 9.90 Å². The molecule has 37 heavy (non-hydrogen) atoms. The standard InChI is InChI=1S/C31H39N3O3/c1-22-18-29(23(2)24(3)31(22)32)37-21-27(35)20-33-14-16-34(17-15-33)30(36)19-28(25-10-6-4-7-11-25)26-12-8-5-9-13-26/h4-13,18,27-28,35H,14-17,19-21,32H2,1-3H3. The minimum Gasteiger partial charge on any atom is -0.491 e. The average molecular weight is 502 g/mol. The molecule has 1 aliphatic rings. The maximum Gasteiger partial charge on any atom is 0.223 e. The van der Waals surface area contributed by atoms with Crippen molar-refractivity contribution < 1.29 is 14.6 Å². The Balaban J connectivity index is 1.28. The van der Waals surface area contributed by atoms with Crippen molar-refractivity contribution in [3.8, 4) is 5.75 Å². The summed E-state index contributed by atoms with van der Waals surface area (Å²) in [5.41, 5.74) is 12.2. The summed E-state index contributed by atoms with van der Waals surface area (Å²) in [6.45, 7) is 9.49. The lowest BCUT2D eigenvalue weighted by molar-refractivity contribution is -0.133. The number of hydrogen-bond acceptors (Lipinski definition) is 5. The van der Waals surface area contributed by atoms with Gasteiger partial charge in [-0.2, -0.15) is 0 Å². The number of nitrogen functional groups attached to an aromatic ring is 1. The summed E-state index contributed by atoms with van der Waals surface area (Å²) < 4.78 is 5.95. The molecule has 0 saturated carbocycles. The van der Waals surface area contributed by atoms with Gasteiger partial charge in [0.05, 0.1) is 0 Å².